The Morgan fingerprint density at radius 3 is 2.74 bits per heavy atom. The maximum atomic E-state index is 12.2. The quantitative estimate of drug-likeness (QED) is 0.743. The molecule has 0 N–H and O–H groups in total. The second-order valence-electron chi connectivity index (χ2n) is 5.01. The Morgan fingerprint density at radius 2 is 2.05 bits per heavy atom. The number of ether oxygens (including phenoxy) is 1. The number of likely N-dealkylation sites (N-methyl/N-ethyl adjacent to an activating group) is 1. The van der Waals surface area contributed by atoms with Crippen LogP contribution in [-0.2, 0) is 16.0 Å². The van der Waals surface area contributed by atoms with Gasteiger partial charge in [0.05, 0.1) is 23.4 Å². The zero-order valence-electron chi connectivity index (χ0n) is 10.8. The van der Waals surface area contributed by atoms with Gasteiger partial charge in [0, 0.05) is 7.05 Å². The van der Waals surface area contributed by atoms with Gasteiger partial charge in [-0.1, -0.05) is 6.07 Å². The molecule has 1 fully saturated rings. The van der Waals surface area contributed by atoms with Gasteiger partial charge in [-0.25, -0.2) is 0 Å². The van der Waals surface area contributed by atoms with Gasteiger partial charge in [-0.3, -0.25) is 14.5 Å². The predicted octanol–water partition coefficient (Wildman–Crippen LogP) is 2.10. The van der Waals surface area contributed by atoms with Crippen LogP contribution in [0.15, 0.2) is 16.6 Å². The third kappa shape index (κ3) is 1.64. The van der Waals surface area contributed by atoms with E-state index in [9.17, 15) is 9.59 Å². The van der Waals surface area contributed by atoms with Crippen molar-refractivity contribution >= 4 is 27.7 Å². The van der Waals surface area contributed by atoms with Crippen molar-refractivity contribution < 1.29 is 14.3 Å². The van der Waals surface area contributed by atoms with E-state index in [4.69, 9.17) is 4.74 Å². The third-order valence-electron chi connectivity index (χ3n) is 4.15. The molecule has 19 heavy (non-hydrogen) atoms. The highest BCUT2D eigenvalue weighted by atomic mass is 79.9. The zero-order valence-corrected chi connectivity index (χ0v) is 12.4. The normalized spacial score (nSPS) is 25.3. The first-order chi connectivity index (χ1) is 9.06. The first kappa shape index (κ1) is 12.7. The van der Waals surface area contributed by atoms with Crippen molar-refractivity contribution in [1.29, 1.82) is 0 Å². The van der Waals surface area contributed by atoms with Crippen LogP contribution >= 0.6 is 15.9 Å². The Balaban J connectivity index is 2.14. The summed E-state index contributed by atoms with van der Waals surface area (Å²) in [5.41, 5.74) is 2.06. The molecule has 2 atom stereocenters. The summed E-state index contributed by atoms with van der Waals surface area (Å²) in [5, 5.41) is 0. The van der Waals surface area contributed by atoms with Crippen molar-refractivity contribution in [2.75, 3.05) is 14.2 Å². The van der Waals surface area contributed by atoms with E-state index >= 15 is 0 Å². The standard InChI is InChI=1S/C14H14BrNO3/c1-16-13(17)9-4-3-8-7(11(9)14(16)18)5-6-10(19-2)12(8)15/h5-6,9,11H,3-4H2,1-2H3. The van der Waals surface area contributed by atoms with Crippen LogP contribution in [0.1, 0.15) is 23.5 Å². The Hall–Kier alpha value is -1.36. The molecular formula is C14H14BrNO3. The molecule has 4 nitrogen and oxygen atoms in total. The summed E-state index contributed by atoms with van der Waals surface area (Å²) in [5.74, 6) is 0.122. The molecule has 2 amide bonds. The highest BCUT2D eigenvalue weighted by molar-refractivity contribution is 9.10. The first-order valence-corrected chi connectivity index (χ1v) is 7.02. The van der Waals surface area contributed by atoms with E-state index in [1.165, 1.54) is 4.90 Å². The van der Waals surface area contributed by atoms with Crippen molar-refractivity contribution in [3.8, 4) is 5.75 Å². The minimum absolute atomic E-state index is 0.0485. The smallest absolute Gasteiger partial charge is 0.237 e. The first-order valence-electron chi connectivity index (χ1n) is 6.23. The molecule has 1 saturated heterocycles. The van der Waals surface area contributed by atoms with Crippen molar-refractivity contribution in [2.45, 2.75) is 18.8 Å². The molecule has 1 aromatic rings. The number of amides is 2. The third-order valence-corrected chi connectivity index (χ3v) is 5.02. The molecular weight excluding hydrogens is 310 g/mol. The van der Waals surface area contributed by atoms with Crippen molar-refractivity contribution in [3.05, 3.63) is 27.7 Å². The van der Waals surface area contributed by atoms with Crippen LogP contribution in [0.4, 0.5) is 0 Å². The van der Waals surface area contributed by atoms with Crippen molar-refractivity contribution in [2.24, 2.45) is 5.92 Å². The Bertz CT molecular complexity index is 584. The minimum atomic E-state index is -0.316. The van der Waals surface area contributed by atoms with E-state index in [2.05, 4.69) is 15.9 Å². The summed E-state index contributed by atoms with van der Waals surface area (Å²) in [6, 6.07) is 3.77. The van der Waals surface area contributed by atoms with Gasteiger partial charge >= 0.3 is 0 Å². The SMILES string of the molecule is COc1ccc2c(c1Br)CCC1C(=O)N(C)C(=O)C21. The fourth-order valence-corrected chi connectivity index (χ4v) is 3.86. The maximum absolute atomic E-state index is 12.2. The van der Waals surface area contributed by atoms with Gasteiger partial charge in [-0.05, 0) is 46.0 Å². The van der Waals surface area contributed by atoms with Gasteiger partial charge < -0.3 is 4.74 Å². The number of halogens is 1. The van der Waals surface area contributed by atoms with Crippen LogP contribution in [0.3, 0.4) is 0 Å². The van der Waals surface area contributed by atoms with E-state index in [-0.39, 0.29) is 23.7 Å². The number of hydrogen-bond acceptors (Lipinski definition) is 3. The molecule has 2 unspecified atom stereocenters. The molecule has 0 spiro atoms. The van der Waals surface area contributed by atoms with Crippen molar-refractivity contribution in [1.82, 2.24) is 4.90 Å². The van der Waals surface area contributed by atoms with Gasteiger partial charge in [0.25, 0.3) is 0 Å². The molecule has 1 aliphatic heterocycles. The van der Waals surface area contributed by atoms with Crippen LogP contribution in [-0.4, -0.2) is 30.9 Å². The van der Waals surface area contributed by atoms with E-state index in [1.807, 2.05) is 12.1 Å². The second-order valence-corrected chi connectivity index (χ2v) is 5.80. The fraction of sp³-hybridized carbons (Fsp3) is 0.429. The average Bonchev–Trinajstić information content (AvgIpc) is 2.64. The molecule has 1 heterocycles. The van der Waals surface area contributed by atoms with E-state index in [0.29, 0.717) is 0 Å². The van der Waals surface area contributed by atoms with Gasteiger partial charge in [0.2, 0.25) is 11.8 Å². The van der Waals surface area contributed by atoms with Crippen LogP contribution in [0.5, 0.6) is 5.75 Å². The lowest BCUT2D eigenvalue weighted by Gasteiger charge is -2.26. The summed E-state index contributed by atoms with van der Waals surface area (Å²) < 4.78 is 6.19. The highest BCUT2D eigenvalue weighted by Crippen LogP contribution is 2.46. The Morgan fingerprint density at radius 1 is 1.32 bits per heavy atom. The Kier molecular flexibility index (Phi) is 2.89. The number of imide groups is 1. The molecule has 1 aromatic carbocycles. The van der Waals surface area contributed by atoms with Gasteiger partial charge in [0.15, 0.2) is 0 Å². The minimum Gasteiger partial charge on any atom is -0.496 e. The number of rotatable bonds is 1. The molecule has 3 rings (SSSR count). The summed E-state index contributed by atoms with van der Waals surface area (Å²) in [6.45, 7) is 0. The second kappa shape index (κ2) is 4.34. The van der Waals surface area contributed by atoms with Crippen LogP contribution in [0.25, 0.3) is 0 Å². The van der Waals surface area contributed by atoms with Gasteiger partial charge in [0.1, 0.15) is 5.75 Å². The molecule has 0 radical (unpaired) electrons. The van der Waals surface area contributed by atoms with Gasteiger partial charge in [-0.15, -0.1) is 0 Å². The van der Waals surface area contributed by atoms with E-state index < -0.39 is 0 Å². The lowest BCUT2D eigenvalue weighted by Crippen LogP contribution is -2.25. The summed E-state index contributed by atoms with van der Waals surface area (Å²) in [4.78, 5) is 25.5. The number of carbonyl (C=O) groups is 2. The summed E-state index contributed by atoms with van der Waals surface area (Å²) >= 11 is 3.54. The molecule has 0 bridgehead atoms. The topological polar surface area (TPSA) is 46.6 Å². The predicted molar refractivity (Wildman–Crippen MR) is 73.0 cm³/mol. The number of benzene rings is 1. The zero-order chi connectivity index (χ0) is 13.7. The number of fused-ring (bicyclic) bond motifs is 3. The maximum Gasteiger partial charge on any atom is 0.237 e. The summed E-state index contributed by atoms with van der Waals surface area (Å²) in [7, 11) is 3.19. The molecule has 2 aliphatic rings. The fourth-order valence-electron chi connectivity index (χ4n) is 3.14. The molecule has 0 saturated carbocycles. The highest BCUT2D eigenvalue weighted by Gasteiger charge is 2.49. The largest absolute Gasteiger partial charge is 0.496 e. The van der Waals surface area contributed by atoms with E-state index in [1.54, 1.807) is 14.2 Å². The lowest BCUT2D eigenvalue weighted by molar-refractivity contribution is -0.137. The lowest BCUT2D eigenvalue weighted by atomic mass is 9.76. The molecule has 100 valence electrons. The van der Waals surface area contributed by atoms with Crippen LogP contribution < -0.4 is 4.74 Å². The summed E-state index contributed by atoms with van der Waals surface area (Å²) in [6.07, 6.45) is 1.51. The van der Waals surface area contributed by atoms with Crippen LogP contribution in [0, 0.1) is 5.92 Å². The number of likely N-dealkylation sites (tertiary alicyclic amines) is 1. The number of methoxy groups -OCH3 is 1. The monoisotopic (exact) mass is 323 g/mol. The number of nitrogens with zero attached hydrogens (tertiary/aromatic N) is 1. The van der Waals surface area contributed by atoms with Crippen molar-refractivity contribution in [3.63, 3.8) is 0 Å². The molecule has 1 aliphatic carbocycles. The number of carbonyl (C=O) groups excluding carboxylic acids is 2. The molecule has 5 heteroatoms. The van der Waals surface area contributed by atoms with Gasteiger partial charge in [-0.2, -0.15) is 0 Å². The van der Waals surface area contributed by atoms with Crippen LogP contribution in [0.2, 0.25) is 0 Å². The molecule has 0 aromatic heterocycles. The Labute approximate surface area is 119 Å². The number of hydrogen-bond donors (Lipinski definition) is 0. The average molecular weight is 324 g/mol. The van der Waals surface area contributed by atoms with E-state index in [0.717, 1.165) is 34.2 Å².